The highest BCUT2D eigenvalue weighted by atomic mass is 32.1. The number of thiazole rings is 1. The molecule has 0 aliphatic carbocycles. The van der Waals surface area contributed by atoms with Gasteiger partial charge in [-0.15, -0.1) is 0 Å². The molecule has 3 rings (SSSR count). The summed E-state index contributed by atoms with van der Waals surface area (Å²) in [6.45, 7) is 2.04. The normalized spacial score (nSPS) is 10.8. The Balaban J connectivity index is 1.89. The first-order chi connectivity index (χ1) is 10.6. The third-order valence-corrected chi connectivity index (χ3v) is 4.53. The largest absolute Gasteiger partial charge is 0.508 e. The van der Waals surface area contributed by atoms with E-state index in [0.29, 0.717) is 17.4 Å². The summed E-state index contributed by atoms with van der Waals surface area (Å²) < 4.78 is 0. The molecule has 3 aromatic rings. The van der Waals surface area contributed by atoms with Crippen LogP contribution in [0.5, 0.6) is 5.75 Å². The molecule has 1 aromatic heterocycles. The number of aryl methyl sites for hydroxylation is 1. The fourth-order valence-corrected chi connectivity index (χ4v) is 3.15. The van der Waals surface area contributed by atoms with Crippen LogP contribution in [0.2, 0.25) is 0 Å². The first kappa shape index (κ1) is 14.3. The number of aromatic nitrogens is 1. The molecule has 6 heteroatoms. The van der Waals surface area contributed by atoms with E-state index in [1.807, 2.05) is 30.3 Å². The molecule has 0 amide bonds. The van der Waals surface area contributed by atoms with Crippen molar-refractivity contribution in [3.8, 4) is 5.75 Å². The first-order valence-electron chi connectivity index (χ1n) is 6.70. The van der Waals surface area contributed by atoms with Crippen molar-refractivity contribution in [1.82, 2.24) is 4.98 Å². The molecule has 0 radical (unpaired) electrons. The van der Waals surface area contributed by atoms with Crippen LogP contribution >= 0.6 is 11.3 Å². The van der Waals surface area contributed by atoms with E-state index < -0.39 is 5.97 Å². The van der Waals surface area contributed by atoms with Gasteiger partial charge in [0, 0.05) is 12.1 Å². The minimum Gasteiger partial charge on any atom is -0.508 e. The Morgan fingerprint density at radius 2 is 2.05 bits per heavy atom. The van der Waals surface area contributed by atoms with Crippen LogP contribution in [0.4, 0.5) is 5.13 Å². The van der Waals surface area contributed by atoms with Gasteiger partial charge >= 0.3 is 5.97 Å². The molecule has 22 heavy (non-hydrogen) atoms. The number of rotatable bonds is 4. The maximum Gasteiger partial charge on any atom is 0.347 e. The quantitative estimate of drug-likeness (QED) is 0.685. The molecule has 3 N–H and O–H groups in total. The number of nitrogens with one attached hydrogen (secondary N) is 1. The van der Waals surface area contributed by atoms with Gasteiger partial charge in [0.15, 0.2) is 5.13 Å². The Kier molecular flexibility index (Phi) is 3.68. The average Bonchev–Trinajstić information content (AvgIpc) is 2.87. The van der Waals surface area contributed by atoms with Gasteiger partial charge in [-0.1, -0.05) is 41.7 Å². The molecule has 0 aliphatic rings. The predicted octanol–water partition coefficient (Wildman–Crippen LogP) is 3.62. The molecular formula is C16H14N2O3S. The molecule has 0 aliphatic heterocycles. The van der Waals surface area contributed by atoms with E-state index >= 15 is 0 Å². The Hall–Kier alpha value is -2.60. The Bertz CT molecular complexity index is 858. The lowest BCUT2D eigenvalue weighted by Gasteiger charge is -2.09. The lowest BCUT2D eigenvalue weighted by molar-refractivity contribution is 0.0701. The van der Waals surface area contributed by atoms with Gasteiger partial charge in [-0.2, -0.15) is 0 Å². The van der Waals surface area contributed by atoms with Crippen LogP contribution in [0.3, 0.4) is 0 Å². The van der Waals surface area contributed by atoms with E-state index in [0.717, 1.165) is 27.7 Å². The summed E-state index contributed by atoms with van der Waals surface area (Å²) in [7, 11) is 0. The number of phenolic OH excluding ortho intramolecular Hbond substituents is 1. The fourth-order valence-electron chi connectivity index (χ4n) is 2.34. The molecule has 0 spiro atoms. The summed E-state index contributed by atoms with van der Waals surface area (Å²) in [5.41, 5.74) is 1.25. The number of carbonyl (C=O) groups is 1. The van der Waals surface area contributed by atoms with Crippen molar-refractivity contribution in [3.05, 3.63) is 52.5 Å². The number of nitrogens with zero attached hydrogens (tertiary/aromatic N) is 1. The first-order valence-corrected chi connectivity index (χ1v) is 7.52. The number of carboxylic acids is 1. The number of carboxylic acid groups (broad SMARTS) is 1. The van der Waals surface area contributed by atoms with E-state index in [4.69, 9.17) is 5.11 Å². The summed E-state index contributed by atoms with van der Waals surface area (Å²) in [5, 5.41) is 24.8. The van der Waals surface area contributed by atoms with Crippen LogP contribution in [-0.2, 0) is 6.54 Å². The van der Waals surface area contributed by atoms with Crippen LogP contribution < -0.4 is 5.32 Å². The van der Waals surface area contributed by atoms with Crippen LogP contribution in [-0.4, -0.2) is 21.2 Å². The van der Waals surface area contributed by atoms with Crippen molar-refractivity contribution in [1.29, 1.82) is 0 Å². The zero-order valence-electron chi connectivity index (χ0n) is 11.8. The van der Waals surface area contributed by atoms with Crippen LogP contribution in [0, 0.1) is 6.92 Å². The van der Waals surface area contributed by atoms with Gasteiger partial charge in [0.25, 0.3) is 0 Å². The summed E-state index contributed by atoms with van der Waals surface area (Å²) >= 11 is 1.09. The summed E-state index contributed by atoms with van der Waals surface area (Å²) in [5.74, 6) is -0.769. The molecule has 0 saturated carbocycles. The van der Waals surface area contributed by atoms with Gasteiger partial charge < -0.3 is 15.5 Å². The molecular weight excluding hydrogens is 300 g/mol. The molecule has 0 fully saturated rings. The van der Waals surface area contributed by atoms with Gasteiger partial charge in [0.05, 0.1) is 5.69 Å². The number of hydrogen-bond donors (Lipinski definition) is 3. The van der Waals surface area contributed by atoms with Crippen LogP contribution in [0.25, 0.3) is 10.8 Å². The van der Waals surface area contributed by atoms with E-state index in [1.165, 1.54) is 0 Å². The topological polar surface area (TPSA) is 82.5 Å². The standard InChI is InChI=1S/C16H14N2O3S/c1-9-14(15(20)21)22-16(18-9)17-8-12-11-5-3-2-4-10(11)6-7-13(12)19/h2-7,19H,8H2,1H3,(H,17,18)(H,20,21). The molecule has 0 atom stereocenters. The summed E-state index contributed by atoms with van der Waals surface area (Å²) in [4.78, 5) is 15.5. The van der Waals surface area contributed by atoms with Crippen molar-refractivity contribution in [2.24, 2.45) is 0 Å². The van der Waals surface area contributed by atoms with Gasteiger partial charge in [0.1, 0.15) is 10.6 Å². The molecule has 2 aromatic carbocycles. The van der Waals surface area contributed by atoms with Gasteiger partial charge in [0.2, 0.25) is 0 Å². The second-order valence-electron chi connectivity index (χ2n) is 4.88. The average molecular weight is 314 g/mol. The molecule has 5 nitrogen and oxygen atoms in total. The number of anilines is 1. The number of aromatic carboxylic acids is 1. The number of aromatic hydroxyl groups is 1. The summed E-state index contributed by atoms with van der Waals surface area (Å²) in [6.07, 6.45) is 0. The van der Waals surface area contributed by atoms with E-state index in [-0.39, 0.29) is 10.6 Å². The van der Waals surface area contributed by atoms with E-state index in [1.54, 1.807) is 13.0 Å². The second-order valence-corrected chi connectivity index (χ2v) is 5.88. The zero-order valence-corrected chi connectivity index (χ0v) is 12.6. The SMILES string of the molecule is Cc1nc(NCc2c(O)ccc3ccccc23)sc1C(=O)O. The Morgan fingerprint density at radius 3 is 2.77 bits per heavy atom. The highest BCUT2D eigenvalue weighted by Gasteiger charge is 2.14. The van der Waals surface area contributed by atoms with Crippen molar-refractivity contribution >= 4 is 33.2 Å². The van der Waals surface area contributed by atoms with Gasteiger partial charge in [-0.05, 0) is 23.8 Å². The minimum atomic E-state index is -0.976. The molecule has 0 bridgehead atoms. The molecule has 0 unspecified atom stereocenters. The highest BCUT2D eigenvalue weighted by molar-refractivity contribution is 7.17. The predicted molar refractivity (Wildman–Crippen MR) is 86.7 cm³/mol. The van der Waals surface area contributed by atoms with E-state index in [9.17, 15) is 9.90 Å². The smallest absolute Gasteiger partial charge is 0.347 e. The molecule has 0 saturated heterocycles. The fraction of sp³-hybridized carbons (Fsp3) is 0.125. The third-order valence-electron chi connectivity index (χ3n) is 3.42. The monoisotopic (exact) mass is 314 g/mol. The van der Waals surface area contributed by atoms with Gasteiger partial charge in [-0.3, -0.25) is 0 Å². The highest BCUT2D eigenvalue weighted by Crippen LogP contribution is 2.29. The minimum absolute atomic E-state index is 0.206. The second kappa shape index (κ2) is 5.65. The maximum absolute atomic E-state index is 11.0. The molecule has 112 valence electrons. The third kappa shape index (κ3) is 2.60. The van der Waals surface area contributed by atoms with E-state index in [2.05, 4.69) is 10.3 Å². The number of benzene rings is 2. The number of hydrogen-bond acceptors (Lipinski definition) is 5. The Labute approximate surface area is 130 Å². The van der Waals surface area contributed by atoms with Crippen molar-refractivity contribution in [3.63, 3.8) is 0 Å². The zero-order chi connectivity index (χ0) is 15.7. The maximum atomic E-state index is 11.0. The van der Waals surface area contributed by atoms with Crippen molar-refractivity contribution in [2.75, 3.05) is 5.32 Å². The van der Waals surface area contributed by atoms with Gasteiger partial charge in [-0.25, -0.2) is 9.78 Å². The lowest BCUT2D eigenvalue weighted by atomic mass is 10.0. The van der Waals surface area contributed by atoms with Crippen LogP contribution in [0.1, 0.15) is 20.9 Å². The Morgan fingerprint density at radius 1 is 1.27 bits per heavy atom. The molecule has 1 heterocycles. The number of fused-ring (bicyclic) bond motifs is 1. The van der Waals surface area contributed by atoms with Crippen LogP contribution in [0.15, 0.2) is 36.4 Å². The van der Waals surface area contributed by atoms with Crippen molar-refractivity contribution < 1.29 is 15.0 Å². The number of phenols is 1. The van der Waals surface area contributed by atoms with Crippen molar-refractivity contribution in [2.45, 2.75) is 13.5 Å². The summed E-state index contributed by atoms with van der Waals surface area (Å²) in [6, 6.07) is 11.3. The lowest BCUT2D eigenvalue weighted by Crippen LogP contribution is -2.00.